The van der Waals surface area contributed by atoms with Crippen LogP contribution >= 0.6 is 11.8 Å². The zero-order valence-corrected chi connectivity index (χ0v) is 16.3. The Bertz CT molecular complexity index is 956. The number of thioether (sulfide) groups is 1. The number of amides is 1. The van der Waals surface area contributed by atoms with E-state index in [0.717, 1.165) is 22.0 Å². The van der Waals surface area contributed by atoms with E-state index < -0.39 is 5.97 Å². The summed E-state index contributed by atoms with van der Waals surface area (Å²) in [4.78, 5) is 23.2. The zero-order chi connectivity index (χ0) is 19.8. The molecule has 0 atom stereocenters. The van der Waals surface area contributed by atoms with Crippen LogP contribution in [0.25, 0.3) is 10.8 Å². The monoisotopic (exact) mass is 395 g/mol. The van der Waals surface area contributed by atoms with E-state index in [1.54, 1.807) is 12.1 Å². The Hall–Kier alpha value is -2.99. The van der Waals surface area contributed by atoms with Crippen molar-refractivity contribution in [2.75, 3.05) is 24.8 Å². The number of hydrogen-bond donors (Lipinski definition) is 1. The number of carbonyl (C=O) groups is 2. The standard InChI is InChI=1S/C22H21NO4S/c1-26-22(25)13-27-20-10-6-16(7-11-20)14-28-15-21(24)23-19-9-8-17-4-2-3-5-18(17)12-19/h2-12H,13-15H2,1H3,(H,23,24). The van der Waals surface area contributed by atoms with E-state index in [2.05, 4.69) is 10.1 Å². The second-order valence-electron chi connectivity index (χ2n) is 6.11. The molecule has 28 heavy (non-hydrogen) atoms. The Balaban J connectivity index is 1.43. The smallest absolute Gasteiger partial charge is 0.343 e. The fourth-order valence-corrected chi connectivity index (χ4v) is 3.40. The minimum atomic E-state index is -0.419. The van der Waals surface area contributed by atoms with Crippen molar-refractivity contribution in [1.82, 2.24) is 0 Å². The molecule has 0 unspecified atom stereocenters. The van der Waals surface area contributed by atoms with Crippen LogP contribution in [0.2, 0.25) is 0 Å². The molecule has 6 heteroatoms. The quantitative estimate of drug-likeness (QED) is 0.577. The van der Waals surface area contributed by atoms with Gasteiger partial charge in [-0.15, -0.1) is 11.8 Å². The zero-order valence-electron chi connectivity index (χ0n) is 15.5. The first-order chi connectivity index (χ1) is 13.6. The molecule has 3 aromatic rings. The van der Waals surface area contributed by atoms with Gasteiger partial charge in [-0.05, 0) is 40.6 Å². The van der Waals surface area contributed by atoms with Gasteiger partial charge in [0, 0.05) is 11.4 Å². The third-order valence-electron chi connectivity index (χ3n) is 4.04. The molecular formula is C22H21NO4S. The molecule has 3 aromatic carbocycles. The Labute approximate surface area is 168 Å². The predicted octanol–water partition coefficient (Wildman–Crippen LogP) is 4.26. The van der Waals surface area contributed by atoms with Crippen LogP contribution in [0, 0.1) is 0 Å². The molecule has 0 saturated carbocycles. The van der Waals surface area contributed by atoms with Crippen molar-refractivity contribution >= 4 is 40.1 Å². The first-order valence-corrected chi connectivity index (χ1v) is 9.94. The molecule has 1 amide bonds. The van der Waals surface area contributed by atoms with Gasteiger partial charge < -0.3 is 14.8 Å². The SMILES string of the molecule is COC(=O)COc1ccc(CSCC(=O)Nc2ccc3ccccc3c2)cc1. The van der Waals surface area contributed by atoms with E-state index in [0.29, 0.717) is 17.3 Å². The summed E-state index contributed by atoms with van der Waals surface area (Å²) >= 11 is 1.54. The number of carbonyl (C=O) groups excluding carboxylic acids is 2. The number of fused-ring (bicyclic) bond motifs is 1. The second-order valence-corrected chi connectivity index (χ2v) is 7.10. The highest BCUT2D eigenvalue weighted by Crippen LogP contribution is 2.20. The van der Waals surface area contributed by atoms with Crippen molar-refractivity contribution < 1.29 is 19.1 Å². The lowest BCUT2D eigenvalue weighted by molar-refractivity contribution is -0.142. The molecule has 0 heterocycles. The number of rotatable bonds is 8. The van der Waals surface area contributed by atoms with Gasteiger partial charge in [0.25, 0.3) is 0 Å². The third kappa shape index (κ3) is 5.76. The van der Waals surface area contributed by atoms with Gasteiger partial charge in [-0.2, -0.15) is 0 Å². The average Bonchev–Trinajstić information content (AvgIpc) is 2.72. The summed E-state index contributed by atoms with van der Waals surface area (Å²) in [5, 5.41) is 5.19. The van der Waals surface area contributed by atoms with Crippen LogP contribution < -0.4 is 10.1 Å². The normalized spacial score (nSPS) is 10.5. The number of methoxy groups -OCH3 is 1. The molecule has 0 fully saturated rings. The Morgan fingerprint density at radius 3 is 2.46 bits per heavy atom. The minimum absolute atomic E-state index is 0.0293. The largest absolute Gasteiger partial charge is 0.482 e. The van der Waals surface area contributed by atoms with E-state index in [1.807, 2.05) is 54.6 Å². The fraction of sp³-hybridized carbons (Fsp3) is 0.182. The minimum Gasteiger partial charge on any atom is -0.482 e. The Morgan fingerprint density at radius 1 is 0.964 bits per heavy atom. The van der Waals surface area contributed by atoms with Crippen LogP contribution in [0.1, 0.15) is 5.56 Å². The summed E-state index contributed by atoms with van der Waals surface area (Å²) in [7, 11) is 1.32. The van der Waals surface area contributed by atoms with Gasteiger partial charge in [-0.25, -0.2) is 4.79 Å². The van der Waals surface area contributed by atoms with Crippen molar-refractivity contribution in [3.63, 3.8) is 0 Å². The maximum atomic E-state index is 12.2. The maximum absolute atomic E-state index is 12.2. The van der Waals surface area contributed by atoms with Crippen molar-refractivity contribution in [1.29, 1.82) is 0 Å². The van der Waals surface area contributed by atoms with Crippen LogP contribution in [0.15, 0.2) is 66.7 Å². The van der Waals surface area contributed by atoms with Crippen molar-refractivity contribution in [3.8, 4) is 5.75 Å². The highest BCUT2D eigenvalue weighted by Gasteiger charge is 2.05. The van der Waals surface area contributed by atoms with Gasteiger partial charge in [0.1, 0.15) is 5.75 Å². The number of nitrogens with one attached hydrogen (secondary N) is 1. The summed E-state index contributed by atoms with van der Waals surface area (Å²) in [5.41, 5.74) is 1.88. The highest BCUT2D eigenvalue weighted by atomic mass is 32.2. The Kier molecular flexibility index (Phi) is 6.92. The van der Waals surface area contributed by atoms with Gasteiger partial charge in [-0.3, -0.25) is 4.79 Å². The van der Waals surface area contributed by atoms with Crippen LogP contribution in [0.3, 0.4) is 0 Å². The predicted molar refractivity (Wildman–Crippen MR) is 113 cm³/mol. The first kappa shape index (κ1) is 19.8. The highest BCUT2D eigenvalue weighted by molar-refractivity contribution is 7.99. The summed E-state index contributed by atoms with van der Waals surface area (Å²) < 4.78 is 9.84. The molecule has 0 radical (unpaired) electrons. The molecule has 144 valence electrons. The second kappa shape index (κ2) is 9.80. The molecule has 0 bridgehead atoms. The van der Waals surface area contributed by atoms with E-state index in [1.165, 1.54) is 18.9 Å². The van der Waals surface area contributed by atoms with E-state index in [9.17, 15) is 9.59 Å². The van der Waals surface area contributed by atoms with Gasteiger partial charge in [0.2, 0.25) is 5.91 Å². The molecule has 0 saturated heterocycles. The topological polar surface area (TPSA) is 64.6 Å². The maximum Gasteiger partial charge on any atom is 0.343 e. The van der Waals surface area contributed by atoms with E-state index >= 15 is 0 Å². The third-order valence-corrected chi connectivity index (χ3v) is 5.05. The lowest BCUT2D eigenvalue weighted by Gasteiger charge is -2.08. The number of benzene rings is 3. The lowest BCUT2D eigenvalue weighted by atomic mass is 10.1. The number of esters is 1. The van der Waals surface area contributed by atoms with Crippen molar-refractivity contribution in [3.05, 3.63) is 72.3 Å². The molecule has 5 nitrogen and oxygen atoms in total. The van der Waals surface area contributed by atoms with Crippen LogP contribution in [0.4, 0.5) is 5.69 Å². The molecular weight excluding hydrogens is 374 g/mol. The van der Waals surface area contributed by atoms with E-state index in [-0.39, 0.29) is 12.5 Å². The summed E-state index contributed by atoms with van der Waals surface area (Å²) in [6.07, 6.45) is 0. The van der Waals surface area contributed by atoms with Gasteiger partial charge in [0.05, 0.1) is 12.9 Å². The molecule has 0 aliphatic carbocycles. The van der Waals surface area contributed by atoms with Crippen LogP contribution in [0.5, 0.6) is 5.75 Å². The molecule has 0 spiro atoms. The summed E-state index contributed by atoms with van der Waals surface area (Å²) in [6.45, 7) is -0.112. The van der Waals surface area contributed by atoms with Crippen LogP contribution in [-0.2, 0) is 20.1 Å². The molecule has 0 aliphatic heterocycles. The van der Waals surface area contributed by atoms with Gasteiger partial charge >= 0.3 is 5.97 Å². The molecule has 3 rings (SSSR count). The molecule has 1 N–H and O–H groups in total. The van der Waals surface area contributed by atoms with Crippen molar-refractivity contribution in [2.45, 2.75) is 5.75 Å². The first-order valence-electron chi connectivity index (χ1n) is 8.79. The van der Waals surface area contributed by atoms with Crippen molar-refractivity contribution in [2.24, 2.45) is 0 Å². The average molecular weight is 395 g/mol. The fourth-order valence-electron chi connectivity index (χ4n) is 2.61. The molecule has 0 aliphatic rings. The van der Waals surface area contributed by atoms with Crippen LogP contribution in [-0.4, -0.2) is 31.3 Å². The molecule has 0 aromatic heterocycles. The number of hydrogen-bond acceptors (Lipinski definition) is 5. The summed E-state index contributed by atoms with van der Waals surface area (Å²) in [6, 6.07) is 21.4. The number of anilines is 1. The number of ether oxygens (including phenoxy) is 2. The Morgan fingerprint density at radius 2 is 1.71 bits per heavy atom. The lowest BCUT2D eigenvalue weighted by Crippen LogP contribution is -2.14. The van der Waals surface area contributed by atoms with Gasteiger partial charge in [-0.1, -0.05) is 42.5 Å². The van der Waals surface area contributed by atoms with E-state index in [4.69, 9.17) is 4.74 Å². The summed E-state index contributed by atoms with van der Waals surface area (Å²) in [5.74, 6) is 1.24. The van der Waals surface area contributed by atoms with Gasteiger partial charge in [0.15, 0.2) is 6.61 Å².